The molecule has 9 heteroatoms. The van der Waals surface area contributed by atoms with Gasteiger partial charge in [0, 0.05) is 42.2 Å². The van der Waals surface area contributed by atoms with Crippen molar-refractivity contribution < 1.29 is 26.8 Å². The predicted octanol–water partition coefficient (Wildman–Crippen LogP) is 4.67. The van der Waals surface area contributed by atoms with Crippen LogP contribution in [-0.4, -0.2) is 41.8 Å². The van der Waals surface area contributed by atoms with Crippen LogP contribution in [0, 0.1) is 5.82 Å². The standard InChI is InChI=1S/C25H23FN2O5S/c1-27-25(29)23-19-13-18(17-7-5-6-8-21(17)32-3)20(28(2)34(4,30)31)14-22(19)33-24(23)15-9-11-16(26)12-10-15/h5-14H,1-4H3,(H,27,29). The van der Waals surface area contributed by atoms with Gasteiger partial charge in [-0.1, -0.05) is 18.2 Å². The second-order valence-corrected chi connectivity index (χ2v) is 9.70. The molecule has 0 spiro atoms. The highest BCUT2D eigenvalue weighted by Crippen LogP contribution is 2.43. The number of nitrogens with zero attached hydrogens (tertiary/aromatic N) is 1. The van der Waals surface area contributed by atoms with Crippen LogP contribution in [-0.2, 0) is 10.0 Å². The normalized spacial score (nSPS) is 11.4. The van der Waals surface area contributed by atoms with Crippen molar-refractivity contribution in [2.75, 3.05) is 31.8 Å². The third-order valence-corrected chi connectivity index (χ3v) is 6.79. The highest BCUT2D eigenvalue weighted by atomic mass is 32.2. The van der Waals surface area contributed by atoms with Crippen molar-refractivity contribution in [2.24, 2.45) is 0 Å². The summed E-state index contributed by atoms with van der Waals surface area (Å²) in [6.07, 6.45) is 1.10. The minimum Gasteiger partial charge on any atom is -0.496 e. The van der Waals surface area contributed by atoms with Gasteiger partial charge < -0.3 is 14.5 Å². The van der Waals surface area contributed by atoms with E-state index in [0.29, 0.717) is 39.1 Å². The molecule has 1 N–H and O–H groups in total. The molecule has 4 rings (SSSR count). The molecular weight excluding hydrogens is 459 g/mol. The minimum atomic E-state index is -3.63. The second kappa shape index (κ2) is 8.83. The molecule has 0 saturated carbocycles. The molecule has 34 heavy (non-hydrogen) atoms. The predicted molar refractivity (Wildman–Crippen MR) is 130 cm³/mol. The summed E-state index contributed by atoms with van der Waals surface area (Å²) in [7, 11) is 0.846. The Bertz CT molecular complexity index is 1490. The molecule has 176 valence electrons. The van der Waals surface area contributed by atoms with Crippen LogP contribution in [0.4, 0.5) is 10.1 Å². The van der Waals surface area contributed by atoms with Gasteiger partial charge in [0.25, 0.3) is 5.91 Å². The molecular formula is C25H23FN2O5S. The Morgan fingerprint density at radius 3 is 2.35 bits per heavy atom. The number of hydrogen-bond acceptors (Lipinski definition) is 5. The fraction of sp³-hybridized carbons (Fsp3) is 0.160. The maximum absolute atomic E-state index is 13.5. The van der Waals surface area contributed by atoms with Crippen molar-refractivity contribution in [3.63, 3.8) is 0 Å². The van der Waals surface area contributed by atoms with Crippen molar-refractivity contribution in [1.29, 1.82) is 0 Å². The Labute approximate surface area is 196 Å². The Morgan fingerprint density at radius 1 is 1.06 bits per heavy atom. The Kier molecular flexibility index (Phi) is 6.05. The van der Waals surface area contributed by atoms with Crippen molar-refractivity contribution in [3.8, 4) is 28.2 Å². The largest absolute Gasteiger partial charge is 0.496 e. The zero-order valence-corrected chi connectivity index (χ0v) is 19.9. The van der Waals surface area contributed by atoms with Crippen LogP contribution < -0.4 is 14.4 Å². The summed E-state index contributed by atoms with van der Waals surface area (Å²) in [5, 5.41) is 3.10. The van der Waals surface area contributed by atoms with Crippen LogP contribution in [0.15, 0.2) is 65.1 Å². The summed E-state index contributed by atoms with van der Waals surface area (Å²) in [4.78, 5) is 12.9. The summed E-state index contributed by atoms with van der Waals surface area (Å²) < 4.78 is 51.1. The van der Waals surface area contributed by atoms with E-state index < -0.39 is 21.7 Å². The van der Waals surface area contributed by atoms with Crippen LogP contribution in [0.2, 0.25) is 0 Å². The zero-order valence-electron chi connectivity index (χ0n) is 19.0. The van der Waals surface area contributed by atoms with Crippen LogP contribution in [0.25, 0.3) is 33.4 Å². The lowest BCUT2D eigenvalue weighted by Crippen LogP contribution is -2.25. The van der Waals surface area contributed by atoms with Gasteiger partial charge in [-0.3, -0.25) is 9.10 Å². The van der Waals surface area contributed by atoms with E-state index in [4.69, 9.17) is 9.15 Å². The first-order valence-corrected chi connectivity index (χ1v) is 12.2. The third kappa shape index (κ3) is 4.10. The lowest BCUT2D eigenvalue weighted by atomic mass is 9.98. The molecule has 1 heterocycles. The molecule has 0 atom stereocenters. The molecule has 7 nitrogen and oxygen atoms in total. The summed E-state index contributed by atoms with van der Waals surface area (Å²) >= 11 is 0. The maximum atomic E-state index is 13.5. The van der Waals surface area contributed by atoms with Crippen molar-refractivity contribution >= 4 is 32.6 Å². The second-order valence-electron chi connectivity index (χ2n) is 7.69. The monoisotopic (exact) mass is 482 g/mol. The number of fused-ring (bicyclic) bond motifs is 1. The van der Waals surface area contributed by atoms with Gasteiger partial charge in [-0.25, -0.2) is 12.8 Å². The number of anilines is 1. The number of benzene rings is 3. The van der Waals surface area contributed by atoms with Gasteiger partial charge in [0.15, 0.2) is 0 Å². The van der Waals surface area contributed by atoms with Crippen LogP contribution >= 0.6 is 0 Å². The Morgan fingerprint density at radius 2 is 1.74 bits per heavy atom. The molecule has 3 aromatic carbocycles. The van der Waals surface area contributed by atoms with E-state index >= 15 is 0 Å². The first kappa shape index (κ1) is 23.3. The minimum absolute atomic E-state index is 0.250. The molecule has 0 fully saturated rings. The Balaban J connectivity index is 2.11. The molecule has 0 radical (unpaired) electrons. The quantitative estimate of drug-likeness (QED) is 0.432. The van der Waals surface area contributed by atoms with Crippen molar-refractivity contribution in [3.05, 3.63) is 72.0 Å². The van der Waals surface area contributed by atoms with Gasteiger partial charge in [0.05, 0.1) is 24.6 Å². The fourth-order valence-corrected chi connectivity index (χ4v) is 4.32. The number of carbonyl (C=O) groups is 1. The molecule has 1 amide bonds. The molecule has 0 aliphatic carbocycles. The molecule has 4 aromatic rings. The number of para-hydroxylation sites is 1. The van der Waals surface area contributed by atoms with Crippen LogP contribution in [0.1, 0.15) is 10.4 Å². The number of rotatable bonds is 6. The number of sulfonamides is 1. The van der Waals surface area contributed by atoms with E-state index in [1.54, 1.807) is 30.3 Å². The lowest BCUT2D eigenvalue weighted by molar-refractivity contribution is 0.0964. The van der Waals surface area contributed by atoms with Gasteiger partial charge >= 0.3 is 0 Å². The van der Waals surface area contributed by atoms with Gasteiger partial charge in [-0.2, -0.15) is 0 Å². The molecule has 0 unspecified atom stereocenters. The van der Waals surface area contributed by atoms with Gasteiger partial charge in [-0.05, 0) is 36.4 Å². The van der Waals surface area contributed by atoms with Gasteiger partial charge in [-0.15, -0.1) is 0 Å². The van der Waals surface area contributed by atoms with E-state index in [2.05, 4.69) is 5.32 Å². The highest BCUT2D eigenvalue weighted by molar-refractivity contribution is 7.92. The first-order valence-electron chi connectivity index (χ1n) is 10.3. The van der Waals surface area contributed by atoms with Gasteiger partial charge in [0.2, 0.25) is 10.0 Å². The lowest BCUT2D eigenvalue weighted by Gasteiger charge is -2.21. The zero-order chi connectivity index (χ0) is 24.6. The average Bonchev–Trinajstić information content (AvgIpc) is 3.20. The number of methoxy groups -OCH3 is 1. The van der Waals surface area contributed by atoms with Crippen molar-refractivity contribution in [2.45, 2.75) is 0 Å². The number of carbonyl (C=O) groups excluding carboxylic acids is 1. The number of nitrogens with one attached hydrogen (secondary N) is 1. The summed E-state index contributed by atoms with van der Waals surface area (Å²) in [5.41, 5.74) is 2.60. The van der Waals surface area contributed by atoms with E-state index in [9.17, 15) is 17.6 Å². The fourth-order valence-electron chi connectivity index (χ4n) is 3.81. The topological polar surface area (TPSA) is 88.9 Å². The summed E-state index contributed by atoms with van der Waals surface area (Å²) in [6.45, 7) is 0. The first-order chi connectivity index (χ1) is 16.2. The van der Waals surface area contributed by atoms with E-state index in [0.717, 1.165) is 10.6 Å². The van der Waals surface area contributed by atoms with E-state index in [1.807, 2.05) is 6.07 Å². The van der Waals surface area contributed by atoms with E-state index in [1.165, 1.54) is 45.5 Å². The number of ether oxygens (including phenoxy) is 1. The third-order valence-electron chi connectivity index (χ3n) is 5.60. The average molecular weight is 483 g/mol. The molecule has 0 aliphatic heterocycles. The van der Waals surface area contributed by atoms with Crippen LogP contribution in [0.3, 0.4) is 0 Å². The highest BCUT2D eigenvalue weighted by Gasteiger charge is 2.26. The SMILES string of the molecule is CNC(=O)c1c(-c2ccc(F)cc2)oc2cc(N(C)S(C)(=O)=O)c(-c3ccccc3OC)cc12. The van der Waals surface area contributed by atoms with E-state index in [-0.39, 0.29) is 11.3 Å². The van der Waals surface area contributed by atoms with Gasteiger partial charge in [0.1, 0.15) is 22.9 Å². The maximum Gasteiger partial charge on any atom is 0.255 e. The molecule has 0 bridgehead atoms. The molecule has 1 aromatic heterocycles. The van der Waals surface area contributed by atoms with Crippen molar-refractivity contribution in [1.82, 2.24) is 5.32 Å². The molecule has 0 saturated heterocycles. The molecule has 0 aliphatic rings. The van der Waals surface area contributed by atoms with Crippen LogP contribution in [0.5, 0.6) is 5.75 Å². The number of hydrogen-bond donors (Lipinski definition) is 1. The summed E-state index contributed by atoms with van der Waals surface area (Å²) in [5.74, 6) is -0.0293. The summed E-state index contributed by atoms with van der Waals surface area (Å²) in [6, 6.07) is 16.1. The number of amides is 1. The Hall–Kier alpha value is -3.85. The smallest absolute Gasteiger partial charge is 0.255 e. The number of furan rings is 1. The number of halogens is 1.